The van der Waals surface area contributed by atoms with Gasteiger partial charge in [-0.05, 0) is 24.3 Å². The molecule has 0 bridgehead atoms. The molecule has 0 saturated heterocycles. The van der Waals surface area contributed by atoms with E-state index in [4.69, 9.17) is 9.84 Å². The largest absolute Gasteiger partial charge is 0.493 e. The summed E-state index contributed by atoms with van der Waals surface area (Å²) < 4.78 is 48.0. The number of rotatable bonds is 3. The fourth-order valence-electron chi connectivity index (χ4n) is 2.44. The van der Waals surface area contributed by atoms with Crippen LogP contribution in [0.2, 0.25) is 0 Å². The SMILES string of the molecule is COc1c(F)c(-c2ccccc2F)nc2c(F)c(C(=O)O)ccc12. The molecule has 0 aliphatic carbocycles. The Bertz CT molecular complexity index is 973. The maximum absolute atomic E-state index is 14.7. The van der Waals surface area contributed by atoms with Crippen molar-refractivity contribution in [3.8, 4) is 17.0 Å². The van der Waals surface area contributed by atoms with Crippen molar-refractivity contribution in [1.82, 2.24) is 4.98 Å². The summed E-state index contributed by atoms with van der Waals surface area (Å²) in [7, 11) is 1.17. The fourth-order valence-corrected chi connectivity index (χ4v) is 2.44. The Morgan fingerprint density at radius 1 is 1.08 bits per heavy atom. The van der Waals surface area contributed by atoms with Crippen molar-refractivity contribution in [3.05, 3.63) is 59.4 Å². The van der Waals surface area contributed by atoms with Gasteiger partial charge in [0.2, 0.25) is 0 Å². The first-order valence-corrected chi connectivity index (χ1v) is 6.79. The summed E-state index contributed by atoms with van der Waals surface area (Å²) in [6.45, 7) is 0. The van der Waals surface area contributed by atoms with E-state index in [-0.39, 0.29) is 16.7 Å². The topological polar surface area (TPSA) is 59.4 Å². The van der Waals surface area contributed by atoms with Gasteiger partial charge < -0.3 is 9.84 Å². The minimum absolute atomic E-state index is 0.0439. The van der Waals surface area contributed by atoms with Crippen LogP contribution >= 0.6 is 0 Å². The van der Waals surface area contributed by atoms with Crippen LogP contribution in [0.5, 0.6) is 5.75 Å². The summed E-state index contributed by atoms with van der Waals surface area (Å²) in [6.07, 6.45) is 0. The van der Waals surface area contributed by atoms with E-state index in [2.05, 4.69) is 4.98 Å². The predicted octanol–water partition coefficient (Wildman–Crippen LogP) is 4.03. The Labute approximate surface area is 134 Å². The van der Waals surface area contributed by atoms with Crippen molar-refractivity contribution in [2.75, 3.05) is 7.11 Å². The zero-order valence-electron chi connectivity index (χ0n) is 12.3. The highest BCUT2D eigenvalue weighted by atomic mass is 19.1. The second kappa shape index (κ2) is 5.84. The van der Waals surface area contributed by atoms with Gasteiger partial charge in [0, 0.05) is 10.9 Å². The smallest absolute Gasteiger partial charge is 0.338 e. The monoisotopic (exact) mass is 333 g/mol. The molecule has 0 amide bonds. The van der Waals surface area contributed by atoms with Crippen LogP contribution < -0.4 is 4.74 Å². The van der Waals surface area contributed by atoms with Crippen LogP contribution in [0.4, 0.5) is 13.2 Å². The van der Waals surface area contributed by atoms with Gasteiger partial charge in [-0.1, -0.05) is 12.1 Å². The quantitative estimate of drug-likeness (QED) is 0.786. The molecule has 24 heavy (non-hydrogen) atoms. The third-order valence-electron chi connectivity index (χ3n) is 3.56. The van der Waals surface area contributed by atoms with Gasteiger partial charge in [-0.3, -0.25) is 0 Å². The molecule has 0 fully saturated rings. The molecular formula is C17H10F3NO3. The number of benzene rings is 2. The normalized spacial score (nSPS) is 10.8. The maximum Gasteiger partial charge on any atom is 0.338 e. The number of carboxylic acids is 1. The van der Waals surface area contributed by atoms with Gasteiger partial charge in [0.1, 0.15) is 17.0 Å². The third-order valence-corrected chi connectivity index (χ3v) is 3.56. The molecule has 0 aliphatic rings. The number of halogens is 3. The van der Waals surface area contributed by atoms with Gasteiger partial charge >= 0.3 is 5.97 Å². The highest BCUT2D eigenvalue weighted by molar-refractivity contribution is 5.96. The number of aromatic carboxylic acids is 1. The van der Waals surface area contributed by atoms with Crippen LogP contribution in [0.25, 0.3) is 22.2 Å². The highest BCUT2D eigenvalue weighted by Crippen LogP contribution is 2.36. The first-order chi connectivity index (χ1) is 11.5. The zero-order valence-corrected chi connectivity index (χ0v) is 12.3. The van der Waals surface area contributed by atoms with Crippen LogP contribution in [0, 0.1) is 17.5 Å². The lowest BCUT2D eigenvalue weighted by atomic mass is 10.0. The zero-order chi connectivity index (χ0) is 17.4. The lowest BCUT2D eigenvalue weighted by molar-refractivity contribution is 0.0692. The van der Waals surface area contributed by atoms with Crippen molar-refractivity contribution < 1.29 is 27.8 Å². The van der Waals surface area contributed by atoms with Gasteiger partial charge in [0.25, 0.3) is 0 Å². The van der Waals surface area contributed by atoms with E-state index in [1.807, 2.05) is 0 Å². The number of nitrogens with zero attached hydrogens (tertiary/aromatic N) is 1. The van der Waals surface area contributed by atoms with E-state index in [9.17, 15) is 18.0 Å². The Morgan fingerprint density at radius 3 is 2.42 bits per heavy atom. The standard InChI is InChI=1S/C17H10F3NO3/c1-24-16-10-7-6-9(17(22)23)12(19)15(10)21-14(13(16)20)8-4-2-3-5-11(8)18/h2-7H,1H3,(H,22,23). The molecule has 0 aliphatic heterocycles. The van der Waals surface area contributed by atoms with E-state index < -0.39 is 40.2 Å². The molecular weight excluding hydrogens is 323 g/mol. The van der Waals surface area contributed by atoms with Gasteiger partial charge in [0.15, 0.2) is 17.4 Å². The maximum atomic E-state index is 14.7. The number of carbonyl (C=O) groups is 1. The number of aromatic nitrogens is 1. The first kappa shape index (κ1) is 15.8. The van der Waals surface area contributed by atoms with E-state index in [1.165, 1.54) is 31.4 Å². The molecule has 0 unspecified atom stereocenters. The molecule has 1 heterocycles. The number of pyridine rings is 1. The number of fused-ring (bicyclic) bond motifs is 1. The van der Waals surface area contributed by atoms with Gasteiger partial charge in [-0.15, -0.1) is 0 Å². The van der Waals surface area contributed by atoms with E-state index >= 15 is 0 Å². The summed E-state index contributed by atoms with van der Waals surface area (Å²) in [4.78, 5) is 14.9. The molecule has 3 rings (SSSR count). The first-order valence-electron chi connectivity index (χ1n) is 6.79. The fraction of sp³-hybridized carbons (Fsp3) is 0.0588. The average Bonchev–Trinajstić information content (AvgIpc) is 2.55. The number of ether oxygens (including phenoxy) is 1. The molecule has 1 aromatic heterocycles. The summed E-state index contributed by atoms with van der Waals surface area (Å²) in [5.74, 6) is -4.69. The third kappa shape index (κ3) is 2.34. The van der Waals surface area contributed by atoms with Crippen LogP contribution in [0.1, 0.15) is 10.4 Å². The molecule has 0 atom stereocenters. The Kier molecular flexibility index (Phi) is 3.84. The van der Waals surface area contributed by atoms with E-state index in [1.54, 1.807) is 0 Å². The summed E-state index contributed by atoms with van der Waals surface area (Å²) in [6, 6.07) is 7.47. The summed E-state index contributed by atoms with van der Waals surface area (Å²) in [5.41, 5.74) is -1.68. The van der Waals surface area contributed by atoms with Gasteiger partial charge in [-0.2, -0.15) is 0 Å². The van der Waals surface area contributed by atoms with Crippen molar-refractivity contribution in [2.45, 2.75) is 0 Å². The molecule has 122 valence electrons. The number of carboxylic acid groups (broad SMARTS) is 1. The Balaban J connectivity index is 2.44. The minimum atomic E-state index is -1.49. The molecule has 4 nitrogen and oxygen atoms in total. The molecule has 0 saturated carbocycles. The van der Waals surface area contributed by atoms with E-state index in [0.717, 1.165) is 12.1 Å². The minimum Gasteiger partial charge on any atom is -0.493 e. The van der Waals surface area contributed by atoms with Crippen LogP contribution in [0.3, 0.4) is 0 Å². The van der Waals surface area contributed by atoms with Crippen molar-refractivity contribution in [2.24, 2.45) is 0 Å². The second-order valence-corrected chi connectivity index (χ2v) is 4.92. The predicted molar refractivity (Wildman–Crippen MR) is 80.6 cm³/mol. The molecule has 2 aromatic carbocycles. The average molecular weight is 333 g/mol. The highest BCUT2D eigenvalue weighted by Gasteiger charge is 2.23. The molecule has 0 radical (unpaired) electrons. The number of hydrogen-bond acceptors (Lipinski definition) is 3. The van der Waals surface area contributed by atoms with Crippen molar-refractivity contribution >= 4 is 16.9 Å². The lowest BCUT2D eigenvalue weighted by Crippen LogP contribution is -2.05. The van der Waals surface area contributed by atoms with Crippen LogP contribution in [-0.2, 0) is 0 Å². The summed E-state index contributed by atoms with van der Waals surface area (Å²) in [5, 5.41) is 8.96. The number of hydrogen-bond donors (Lipinski definition) is 1. The van der Waals surface area contributed by atoms with E-state index in [0.29, 0.717) is 0 Å². The lowest BCUT2D eigenvalue weighted by Gasteiger charge is -2.12. The van der Waals surface area contributed by atoms with Gasteiger partial charge in [0.05, 0.1) is 12.7 Å². The van der Waals surface area contributed by atoms with Crippen LogP contribution in [-0.4, -0.2) is 23.2 Å². The second-order valence-electron chi connectivity index (χ2n) is 4.92. The molecule has 0 spiro atoms. The number of methoxy groups -OCH3 is 1. The molecule has 3 aromatic rings. The van der Waals surface area contributed by atoms with Gasteiger partial charge in [-0.25, -0.2) is 22.9 Å². The Morgan fingerprint density at radius 2 is 1.79 bits per heavy atom. The Hall–Kier alpha value is -3.09. The molecule has 1 N–H and O–H groups in total. The molecule has 7 heteroatoms. The van der Waals surface area contributed by atoms with Crippen molar-refractivity contribution in [1.29, 1.82) is 0 Å². The van der Waals surface area contributed by atoms with Crippen molar-refractivity contribution in [3.63, 3.8) is 0 Å². The van der Waals surface area contributed by atoms with Crippen LogP contribution in [0.15, 0.2) is 36.4 Å². The summed E-state index contributed by atoms with van der Waals surface area (Å²) >= 11 is 0.